The van der Waals surface area contributed by atoms with Gasteiger partial charge in [-0.25, -0.2) is 0 Å². The van der Waals surface area contributed by atoms with Crippen molar-refractivity contribution in [3.8, 4) is 57.1 Å². The topological polar surface area (TPSA) is 443 Å². The van der Waals surface area contributed by atoms with Crippen LogP contribution in [-0.4, -0.2) is 206 Å². The summed E-state index contributed by atoms with van der Waals surface area (Å²) in [4.78, 5) is 46.0. The minimum atomic E-state index is -2.13. The van der Waals surface area contributed by atoms with Crippen LogP contribution >= 0.6 is 0 Å². The summed E-state index contributed by atoms with van der Waals surface area (Å²) in [5.74, 6) is -8.27. The van der Waals surface area contributed by atoms with Gasteiger partial charge in [-0.05, 0) is 42.0 Å². The van der Waals surface area contributed by atoms with Crippen molar-refractivity contribution >= 4 is 24.0 Å². The maximum Gasteiger partial charge on any atom is 0.510 e. The Kier molecular flexibility index (Phi) is 16.5. The lowest BCUT2D eigenvalue weighted by molar-refractivity contribution is -0.278. The van der Waals surface area contributed by atoms with E-state index < -0.39 is 176 Å². The third kappa shape index (κ3) is 11.8. The average Bonchev–Trinajstić information content (AvgIpc) is 3.34. The van der Waals surface area contributed by atoms with Gasteiger partial charge in [0.2, 0.25) is 31.2 Å². The van der Waals surface area contributed by atoms with Crippen LogP contribution in [0.2, 0.25) is 0 Å². The van der Waals surface area contributed by atoms with Crippen molar-refractivity contribution in [3.63, 3.8) is 0 Å². The molecular weight excluding hydrogens is 972 g/mol. The number of fused-ring (bicyclic) bond motifs is 1. The monoisotopic (exact) mass is 1020 g/mol. The molecule has 15 N–H and O–H groups in total. The first-order chi connectivity index (χ1) is 34.1. The van der Waals surface area contributed by atoms with Gasteiger partial charge in [-0.1, -0.05) is 12.1 Å². The number of phenols is 3. The summed E-state index contributed by atoms with van der Waals surface area (Å²) >= 11 is 0. The number of carboxylic acid groups (broad SMARTS) is 1. The van der Waals surface area contributed by atoms with Gasteiger partial charge >= 0.3 is 17.9 Å². The third-order valence-electron chi connectivity index (χ3n) is 11.4. The normalized spacial score (nSPS) is 30.7. The van der Waals surface area contributed by atoms with Crippen LogP contribution in [0.4, 0.5) is 0 Å². The molecule has 1 aliphatic carbocycles. The first kappa shape index (κ1) is 53.1. The number of hydrogen-bond donors (Lipinski definition) is 14. The number of carbonyl (C=O) groups excluding carboxylic acids is 2. The molecule has 5 aliphatic rings. The number of hydrogen-bond acceptors (Lipinski definition) is 25. The molecule has 0 aromatic heterocycles. The Labute approximate surface area is 403 Å². The van der Waals surface area contributed by atoms with Gasteiger partial charge in [-0.2, -0.15) is 0 Å². The van der Waals surface area contributed by atoms with Gasteiger partial charge in [-0.15, -0.1) is 0 Å². The van der Waals surface area contributed by atoms with Crippen molar-refractivity contribution < 1.29 is 128 Å². The molecule has 0 unspecified atom stereocenters. The lowest BCUT2D eigenvalue weighted by atomic mass is 9.99. The molecule has 3 saturated heterocycles. The molecule has 4 aliphatic heterocycles. The van der Waals surface area contributed by atoms with Crippen LogP contribution in [0.5, 0.6) is 34.5 Å². The van der Waals surface area contributed by atoms with Crippen molar-refractivity contribution in [3.05, 3.63) is 76.5 Å². The molecule has 3 fully saturated rings. The molecular formula is C45H49O27+. The largest absolute Gasteiger partial charge is 0.510 e. The molecule has 0 bridgehead atoms. The van der Waals surface area contributed by atoms with Crippen LogP contribution < -0.4 is 19.6 Å². The summed E-state index contributed by atoms with van der Waals surface area (Å²) in [5, 5.41) is 148. The maximum atomic E-state index is 12.6. The Bertz CT molecular complexity index is 2620. The third-order valence-corrected chi connectivity index (χ3v) is 11.4. The molecule has 2 aromatic carbocycles. The van der Waals surface area contributed by atoms with E-state index in [2.05, 4.69) is 0 Å². The van der Waals surface area contributed by atoms with E-state index in [1.54, 1.807) is 0 Å². The van der Waals surface area contributed by atoms with E-state index >= 15 is 0 Å². The van der Waals surface area contributed by atoms with E-state index in [-0.39, 0.29) is 22.6 Å². The molecule has 390 valence electrons. The SMILES string of the molecule is O=C(O)CC(=O)OC[C@H]1O[C@@H](Oc2cc3c(O)cc(=O)cc-3oc2-c2cc(O[C@@H]3O[C@H](CO)[C@@H](O)[C@H](O)[C@H]3O)c(O)c(O[C@@H]3O[C@H](COC(=[OH+])C=Cc4ccc(O)cc4)[C@@H](O)[C@H](O)[C@H]3O)c2)[C@H](O)[C@@H](O)[C@@H]1O. The summed E-state index contributed by atoms with van der Waals surface area (Å²) < 4.78 is 50.6. The highest BCUT2D eigenvalue weighted by Gasteiger charge is 2.49. The minimum Gasteiger partial charge on any atom is -0.508 e. The van der Waals surface area contributed by atoms with E-state index in [0.29, 0.717) is 5.56 Å². The quantitative estimate of drug-likeness (QED) is 0.0222. The van der Waals surface area contributed by atoms with E-state index in [1.807, 2.05) is 0 Å². The van der Waals surface area contributed by atoms with Gasteiger partial charge in [0.05, 0.1) is 18.2 Å². The molecule has 0 saturated carbocycles. The molecule has 27 nitrogen and oxygen atoms in total. The number of phenolic OH excluding ortho intramolecular Hbond substituents is 3. The number of carboxylic acids is 1. The zero-order valence-electron chi connectivity index (χ0n) is 36.9. The molecule has 2 aromatic rings. The number of ether oxygens (including phenoxy) is 8. The molecule has 15 atom stereocenters. The first-order valence-electron chi connectivity index (χ1n) is 21.5. The highest BCUT2D eigenvalue weighted by Crippen LogP contribution is 2.48. The van der Waals surface area contributed by atoms with Crippen molar-refractivity contribution in [1.29, 1.82) is 0 Å². The smallest absolute Gasteiger partial charge is 0.508 e. The molecule has 7 rings (SSSR count). The van der Waals surface area contributed by atoms with Crippen LogP contribution in [0, 0.1) is 0 Å². The van der Waals surface area contributed by atoms with E-state index in [9.17, 15) is 85.6 Å². The standard InChI is InChI=1S/C45H48O27/c46-13-26-33(55)36(58)39(61)43(70-26)67-23-7-17(8-24(32(23)54)68-44-40(62)37(59)34(56)27(71-44)14-64-30(52)6-3-16-1-4-18(47)5-2-16)42-25(11-20-21(49)9-19(48)10-22(20)66-42)69-45-41(63)38(60)35(57)28(72-45)15-65-31(53)12-29(50)51/h1-11,26-28,33-41,43-47,49,54-63H,12-15H2,(H,50,51)/p+1/t26-,27-,28-,33-,34-,35-,36+,37+,38+,39-,40-,41-,43-,44-,45-/m1/s1. The summed E-state index contributed by atoms with van der Waals surface area (Å²) in [6.07, 6.45) is -27.8. The van der Waals surface area contributed by atoms with E-state index in [1.165, 1.54) is 30.3 Å². The summed E-state index contributed by atoms with van der Waals surface area (Å²) in [6, 6.07) is 10.4. The van der Waals surface area contributed by atoms with Crippen LogP contribution in [0.15, 0.2) is 69.9 Å². The van der Waals surface area contributed by atoms with Crippen LogP contribution in [0.25, 0.3) is 28.7 Å². The highest BCUT2D eigenvalue weighted by molar-refractivity contribution is 5.90. The molecule has 0 radical (unpaired) electrons. The van der Waals surface area contributed by atoms with E-state index in [4.69, 9.17) is 47.4 Å². The zero-order chi connectivity index (χ0) is 52.3. The number of aliphatic hydroxyl groups is 10. The van der Waals surface area contributed by atoms with E-state index in [0.717, 1.165) is 36.4 Å². The van der Waals surface area contributed by atoms with Gasteiger partial charge in [0.25, 0.3) is 0 Å². The fourth-order valence-electron chi connectivity index (χ4n) is 7.52. The molecule has 72 heavy (non-hydrogen) atoms. The number of rotatable bonds is 16. The van der Waals surface area contributed by atoms with Crippen molar-refractivity contribution in [2.45, 2.75) is 98.5 Å². The molecule has 0 amide bonds. The Morgan fingerprint density at radius 2 is 1.12 bits per heavy atom. The van der Waals surface area contributed by atoms with Gasteiger partial charge in [0.15, 0.2) is 34.5 Å². The predicted molar refractivity (Wildman–Crippen MR) is 233 cm³/mol. The summed E-state index contributed by atoms with van der Waals surface area (Å²) in [5.41, 5.74) is -0.849. The maximum absolute atomic E-state index is 12.6. The number of aliphatic carboxylic acids is 1. The molecule has 27 heteroatoms. The van der Waals surface area contributed by atoms with Crippen molar-refractivity contribution in [1.82, 2.24) is 0 Å². The number of benzene rings is 3. The summed E-state index contributed by atoms with van der Waals surface area (Å²) in [7, 11) is 0. The second kappa shape index (κ2) is 22.4. The lowest BCUT2D eigenvalue weighted by Crippen LogP contribution is -2.60. The minimum absolute atomic E-state index is 0.0115. The second-order valence-corrected chi connectivity index (χ2v) is 16.5. The van der Waals surface area contributed by atoms with Crippen LogP contribution in [-0.2, 0) is 33.3 Å². The molecule has 4 heterocycles. The fraction of sp³-hybridized carbons (Fsp3) is 0.422. The fourth-order valence-corrected chi connectivity index (χ4v) is 7.52. The highest BCUT2D eigenvalue weighted by atomic mass is 16.7. The number of esters is 2. The number of carbonyl (C=O) groups is 2. The zero-order valence-corrected chi connectivity index (χ0v) is 36.9. The lowest BCUT2D eigenvalue weighted by Gasteiger charge is -2.40. The van der Waals surface area contributed by atoms with Crippen LogP contribution in [0.3, 0.4) is 0 Å². The Morgan fingerprint density at radius 3 is 1.65 bits per heavy atom. The number of aromatic hydroxyl groups is 3. The van der Waals surface area contributed by atoms with Crippen molar-refractivity contribution in [2.75, 3.05) is 19.8 Å². The predicted octanol–water partition coefficient (Wildman–Crippen LogP) is -3.67. The van der Waals surface area contributed by atoms with Gasteiger partial charge in [0.1, 0.15) is 97.4 Å². The van der Waals surface area contributed by atoms with Gasteiger partial charge in [-0.3, -0.25) is 14.4 Å². The summed E-state index contributed by atoms with van der Waals surface area (Å²) in [6.45, 7) is -2.49. The average molecular weight is 1020 g/mol. The number of aliphatic hydroxyl groups excluding tert-OH is 10. The first-order valence-corrected chi connectivity index (χ1v) is 21.5. The second-order valence-electron chi connectivity index (χ2n) is 16.5. The van der Waals surface area contributed by atoms with Crippen molar-refractivity contribution in [2.24, 2.45) is 0 Å². The Morgan fingerprint density at radius 1 is 0.625 bits per heavy atom. The Balaban J connectivity index is 1.27. The van der Waals surface area contributed by atoms with Gasteiger partial charge in [0, 0.05) is 17.7 Å². The Hall–Kier alpha value is -6.70. The van der Waals surface area contributed by atoms with Crippen LogP contribution in [0.1, 0.15) is 12.0 Å². The molecule has 0 spiro atoms. The van der Waals surface area contributed by atoms with Gasteiger partial charge < -0.3 is 119 Å².